The number of ether oxygens (including phenoxy) is 2. The quantitative estimate of drug-likeness (QED) is 0.363. The summed E-state index contributed by atoms with van der Waals surface area (Å²) in [5, 5.41) is 11.5. The van der Waals surface area contributed by atoms with Gasteiger partial charge in [-0.15, -0.1) is 0 Å². The third kappa shape index (κ3) is 3.49. The largest absolute Gasteiger partial charge is 0.409 e. The first kappa shape index (κ1) is 15.7. The van der Waals surface area contributed by atoms with E-state index in [4.69, 9.17) is 20.4 Å². The van der Waals surface area contributed by atoms with Gasteiger partial charge >= 0.3 is 0 Å². The number of oxime groups is 1. The van der Waals surface area contributed by atoms with E-state index in [2.05, 4.69) is 10.1 Å². The molecule has 1 fully saturated rings. The van der Waals surface area contributed by atoms with Crippen LogP contribution in [0.15, 0.2) is 23.4 Å². The van der Waals surface area contributed by atoms with Crippen molar-refractivity contribution < 1.29 is 19.1 Å². The molecule has 7 heteroatoms. The van der Waals surface area contributed by atoms with Crippen LogP contribution in [0, 0.1) is 5.82 Å². The smallest absolute Gasteiger partial charge is 0.170 e. The average molecular weight is 297 g/mol. The molecule has 3 N–H and O–H groups in total. The first-order chi connectivity index (χ1) is 10.1. The van der Waals surface area contributed by atoms with Crippen molar-refractivity contribution in [2.45, 2.75) is 18.8 Å². The zero-order valence-electron chi connectivity index (χ0n) is 12.1. The molecular formula is C14H20FN3O3. The van der Waals surface area contributed by atoms with Gasteiger partial charge in [0, 0.05) is 45.0 Å². The summed E-state index contributed by atoms with van der Waals surface area (Å²) < 4.78 is 24.8. The van der Waals surface area contributed by atoms with Gasteiger partial charge in [0.2, 0.25) is 0 Å². The monoisotopic (exact) mass is 297 g/mol. The van der Waals surface area contributed by atoms with E-state index in [0.29, 0.717) is 30.8 Å². The van der Waals surface area contributed by atoms with Crippen LogP contribution in [0.5, 0.6) is 0 Å². The van der Waals surface area contributed by atoms with Gasteiger partial charge in [0.15, 0.2) is 5.84 Å². The minimum Gasteiger partial charge on any atom is -0.409 e. The van der Waals surface area contributed by atoms with Crippen molar-refractivity contribution in [1.29, 1.82) is 0 Å². The third-order valence-electron chi connectivity index (χ3n) is 3.75. The summed E-state index contributed by atoms with van der Waals surface area (Å²) in [7, 11) is 3.29. The Bertz CT molecular complexity index is 512. The number of amidine groups is 1. The molecule has 2 atom stereocenters. The molecule has 0 spiro atoms. The molecular weight excluding hydrogens is 277 g/mol. The van der Waals surface area contributed by atoms with E-state index < -0.39 is 0 Å². The maximum absolute atomic E-state index is 14.1. The molecule has 1 aromatic carbocycles. The Labute approximate surface area is 122 Å². The number of nitrogens with zero attached hydrogens (tertiary/aromatic N) is 2. The van der Waals surface area contributed by atoms with E-state index >= 15 is 0 Å². The molecule has 0 bridgehead atoms. The van der Waals surface area contributed by atoms with Gasteiger partial charge in [-0.25, -0.2) is 4.39 Å². The first-order valence-corrected chi connectivity index (χ1v) is 6.63. The number of benzene rings is 1. The molecule has 0 aromatic heterocycles. The van der Waals surface area contributed by atoms with Crippen LogP contribution in [-0.2, 0) is 16.0 Å². The highest BCUT2D eigenvalue weighted by molar-refractivity contribution is 5.97. The molecule has 2 unspecified atom stereocenters. The van der Waals surface area contributed by atoms with Crippen LogP contribution in [0.4, 0.5) is 4.39 Å². The Morgan fingerprint density at radius 2 is 2.00 bits per heavy atom. The highest BCUT2D eigenvalue weighted by atomic mass is 19.1. The summed E-state index contributed by atoms with van der Waals surface area (Å²) in [5.41, 5.74) is 6.34. The number of halogens is 1. The fourth-order valence-corrected chi connectivity index (χ4v) is 2.53. The number of methoxy groups -OCH3 is 2. The van der Waals surface area contributed by atoms with Crippen molar-refractivity contribution >= 4 is 5.84 Å². The van der Waals surface area contributed by atoms with E-state index in [1.807, 2.05) is 0 Å². The van der Waals surface area contributed by atoms with Crippen LogP contribution < -0.4 is 5.73 Å². The molecule has 0 aliphatic carbocycles. The molecule has 6 nitrogen and oxygen atoms in total. The van der Waals surface area contributed by atoms with Crippen LogP contribution in [0.25, 0.3) is 0 Å². The summed E-state index contributed by atoms with van der Waals surface area (Å²) in [5.74, 6) is -0.491. The van der Waals surface area contributed by atoms with Gasteiger partial charge in [-0.3, -0.25) is 4.90 Å². The van der Waals surface area contributed by atoms with E-state index in [9.17, 15) is 4.39 Å². The SMILES string of the molecule is COC1CN(Cc2ccc(/C(N)=N/O)cc2F)CC1OC. The lowest BCUT2D eigenvalue weighted by atomic mass is 10.1. The Morgan fingerprint density at radius 1 is 1.38 bits per heavy atom. The molecule has 1 aliphatic heterocycles. The Balaban J connectivity index is 2.07. The second-order valence-corrected chi connectivity index (χ2v) is 5.03. The van der Waals surface area contributed by atoms with Gasteiger partial charge < -0.3 is 20.4 Å². The minimum atomic E-state index is -0.381. The maximum Gasteiger partial charge on any atom is 0.170 e. The summed E-state index contributed by atoms with van der Waals surface area (Å²) >= 11 is 0. The van der Waals surface area contributed by atoms with Crippen molar-refractivity contribution in [3.05, 3.63) is 35.1 Å². The molecule has 116 valence electrons. The van der Waals surface area contributed by atoms with E-state index in [0.717, 1.165) is 0 Å². The topological polar surface area (TPSA) is 80.3 Å². The minimum absolute atomic E-state index is 0.00509. The molecule has 1 aliphatic rings. The fraction of sp³-hybridized carbons (Fsp3) is 0.500. The van der Waals surface area contributed by atoms with Crippen molar-refractivity contribution in [2.75, 3.05) is 27.3 Å². The predicted octanol–water partition coefficient (Wildman–Crippen LogP) is 0.766. The second-order valence-electron chi connectivity index (χ2n) is 5.03. The van der Waals surface area contributed by atoms with E-state index in [-0.39, 0.29) is 23.9 Å². The van der Waals surface area contributed by atoms with E-state index in [1.165, 1.54) is 6.07 Å². The van der Waals surface area contributed by atoms with Crippen molar-refractivity contribution in [2.24, 2.45) is 10.9 Å². The lowest BCUT2D eigenvalue weighted by molar-refractivity contribution is -0.00461. The second kappa shape index (κ2) is 6.84. The van der Waals surface area contributed by atoms with Crippen LogP contribution in [0.1, 0.15) is 11.1 Å². The van der Waals surface area contributed by atoms with Gasteiger partial charge in [0.1, 0.15) is 5.82 Å². The van der Waals surface area contributed by atoms with Gasteiger partial charge in [0.05, 0.1) is 12.2 Å². The van der Waals surface area contributed by atoms with E-state index in [1.54, 1.807) is 26.4 Å². The number of likely N-dealkylation sites (tertiary alicyclic amines) is 1. The number of rotatable bonds is 5. The fourth-order valence-electron chi connectivity index (χ4n) is 2.53. The Morgan fingerprint density at radius 3 is 2.48 bits per heavy atom. The summed E-state index contributed by atoms with van der Waals surface area (Å²) in [6.07, 6.45) is -0.0102. The van der Waals surface area contributed by atoms with Crippen LogP contribution >= 0.6 is 0 Å². The lowest BCUT2D eigenvalue weighted by Crippen LogP contribution is -2.27. The molecule has 1 saturated heterocycles. The van der Waals surface area contributed by atoms with Gasteiger partial charge in [-0.05, 0) is 6.07 Å². The van der Waals surface area contributed by atoms with Crippen molar-refractivity contribution in [3.8, 4) is 0 Å². The average Bonchev–Trinajstić information content (AvgIpc) is 2.90. The number of hydrogen-bond donors (Lipinski definition) is 2. The summed E-state index contributed by atoms with van der Waals surface area (Å²) in [4.78, 5) is 2.07. The van der Waals surface area contributed by atoms with Crippen LogP contribution in [-0.4, -0.2) is 55.5 Å². The first-order valence-electron chi connectivity index (χ1n) is 6.63. The highest BCUT2D eigenvalue weighted by Crippen LogP contribution is 2.20. The molecule has 0 amide bonds. The lowest BCUT2D eigenvalue weighted by Gasteiger charge is -2.16. The zero-order chi connectivity index (χ0) is 15.4. The van der Waals surface area contributed by atoms with Crippen molar-refractivity contribution in [1.82, 2.24) is 4.90 Å². The zero-order valence-corrected chi connectivity index (χ0v) is 12.1. The summed E-state index contributed by atoms with van der Waals surface area (Å²) in [6.45, 7) is 1.84. The van der Waals surface area contributed by atoms with Gasteiger partial charge in [-0.1, -0.05) is 17.3 Å². The normalized spacial score (nSPS) is 23.7. The van der Waals surface area contributed by atoms with Crippen molar-refractivity contribution in [3.63, 3.8) is 0 Å². The Hall–Kier alpha value is -1.70. The van der Waals surface area contributed by atoms with Crippen LogP contribution in [0.2, 0.25) is 0 Å². The maximum atomic E-state index is 14.1. The van der Waals surface area contributed by atoms with Gasteiger partial charge in [0.25, 0.3) is 0 Å². The van der Waals surface area contributed by atoms with Crippen LogP contribution in [0.3, 0.4) is 0 Å². The molecule has 1 heterocycles. The predicted molar refractivity (Wildman–Crippen MR) is 75.8 cm³/mol. The third-order valence-corrected chi connectivity index (χ3v) is 3.75. The highest BCUT2D eigenvalue weighted by Gasteiger charge is 2.33. The summed E-state index contributed by atoms with van der Waals surface area (Å²) in [6, 6.07) is 4.54. The molecule has 0 radical (unpaired) electrons. The number of nitrogens with two attached hydrogens (primary N) is 1. The molecule has 1 aromatic rings. The molecule has 21 heavy (non-hydrogen) atoms. The molecule has 0 saturated carbocycles. The number of hydrogen-bond acceptors (Lipinski definition) is 5. The standard InChI is InChI=1S/C14H20FN3O3/c1-20-12-7-18(8-13(12)21-2)6-10-4-3-9(5-11(10)15)14(16)17-19/h3-5,12-13,19H,6-8H2,1-2H3,(H2,16,17). The molecule has 2 rings (SSSR count). The Kier molecular flexibility index (Phi) is 5.11. The van der Waals surface area contributed by atoms with Gasteiger partial charge in [-0.2, -0.15) is 0 Å².